The van der Waals surface area contributed by atoms with Gasteiger partial charge in [0.25, 0.3) is 0 Å². The minimum absolute atomic E-state index is 0.0884. The van der Waals surface area contributed by atoms with Gasteiger partial charge in [0, 0.05) is 13.1 Å². The molecule has 0 saturated carbocycles. The van der Waals surface area contributed by atoms with E-state index in [4.69, 9.17) is 4.74 Å². The Morgan fingerprint density at radius 1 is 1.29 bits per heavy atom. The Kier molecular flexibility index (Phi) is 4.15. The highest BCUT2D eigenvalue weighted by Gasteiger charge is 2.21. The van der Waals surface area contributed by atoms with E-state index in [9.17, 15) is 4.79 Å². The van der Waals surface area contributed by atoms with Gasteiger partial charge in [-0.05, 0) is 31.5 Å². The molecular formula is C14H19NO2. The van der Waals surface area contributed by atoms with Crippen molar-refractivity contribution < 1.29 is 9.53 Å². The lowest BCUT2D eigenvalue weighted by Gasteiger charge is -2.30. The Balaban J connectivity index is 1.84. The van der Waals surface area contributed by atoms with E-state index < -0.39 is 0 Å². The van der Waals surface area contributed by atoms with Crippen LogP contribution in [0.4, 0.5) is 0 Å². The number of rotatable bonds is 3. The van der Waals surface area contributed by atoms with E-state index in [-0.39, 0.29) is 12.1 Å². The van der Waals surface area contributed by atoms with Crippen LogP contribution in [0, 0.1) is 0 Å². The van der Waals surface area contributed by atoms with Crippen molar-refractivity contribution in [2.24, 2.45) is 0 Å². The van der Waals surface area contributed by atoms with E-state index in [1.165, 1.54) is 0 Å². The molecule has 0 N–H and O–H groups in total. The number of ether oxygens (including phenoxy) is 1. The first-order valence-electron chi connectivity index (χ1n) is 6.28. The number of likely N-dealkylation sites (tertiary alicyclic amines) is 1. The molecule has 3 nitrogen and oxygen atoms in total. The van der Waals surface area contributed by atoms with Crippen LogP contribution >= 0.6 is 0 Å². The van der Waals surface area contributed by atoms with Crippen LogP contribution in [0.1, 0.15) is 30.1 Å². The van der Waals surface area contributed by atoms with E-state index in [1.807, 2.05) is 18.2 Å². The highest BCUT2D eigenvalue weighted by molar-refractivity contribution is 5.89. The normalized spacial score (nSPS) is 17.9. The maximum atomic E-state index is 11.8. The fourth-order valence-electron chi connectivity index (χ4n) is 2.14. The van der Waals surface area contributed by atoms with Crippen molar-refractivity contribution >= 4 is 5.97 Å². The number of hydrogen-bond acceptors (Lipinski definition) is 3. The van der Waals surface area contributed by atoms with E-state index in [0.717, 1.165) is 32.5 Å². The summed E-state index contributed by atoms with van der Waals surface area (Å²) in [4.78, 5) is 14.2. The number of benzene rings is 1. The number of hydrogen-bond donors (Lipinski definition) is 0. The Morgan fingerprint density at radius 3 is 2.53 bits per heavy atom. The zero-order chi connectivity index (χ0) is 12.1. The van der Waals surface area contributed by atoms with Gasteiger partial charge in [-0.3, -0.25) is 0 Å². The van der Waals surface area contributed by atoms with Gasteiger partial charge in [-0.1, -0.05) is 25.1 Å². The molecule has 0 bridgehead atoms. The molecule has 1 aliphatic heterocycles. The van der Waals surface area contributed by atoms with Crippen LogP contribution in [0.2, 0.25) is 0 Å². The van der Waals surface area contributed by atoms with Crippen molar-refractivity contribution in [2.45, 2.75) is 25.9 Å². The zero-order valence-electron chi connectivity index (χ0n) is 10.3. The van der Waals surface area contributed by atoms with Gasteiger partial charge in [-0.2, -0.15) is 0 Å². The molecule has 1 fully saturated rings. The Labute approximate surface area is 102 Å². The average molecular weight is 233 g/mol. The maximum Gasteiger partial charge on any atom is 0.338 e. The molecule has 1 aromatic rings. The van der Waals surface area contributed by atoms with Crippen LogP contribution in [0.5, 0.6) is 0 Å². The van der Waals surface area contributed by atoms with Crippen molar-refractivity contribution in [1.29, 1.82) is 0 Å². The van der Waals surface area contributed by atoms with E-state index in [0.29, 0.717) is 5.56 Å². The fourth-order valence-corrected chi connectivity index (χ4v) is 2.14. The molecule has 3 heteroatoms. The van der Waals surface area contributed by atoms with Crippen molar-refractivity contribution in [3.63, 3.8) is 0 Å². The predicted molar refractivity (Wildman–Crippen MR) is 67.0 cm³/mol. The predicted octanol–water partition coefficient (Wildman–Crippen LogP) is 2.33. The third kappa shape index (κ3) is 3.30. The molecule has 0 radical (unpaired) electrons. The molecule has 0 unspecified atom stereocenters. The van der Waals surface area contributed by atoms with Gasteiger partial charge in [0.1, 0.15) is 6.10 Å². The highest BCUT2D eigenvalue weighted by atomic mass is 16.5. The number of carbonyl (C=O) groups is 1. The SMILES string of the molecule is CCN1CCC(OC(=O)c2ccccc2)CC1. The van der Waals surface area contributed by atoms with Crippen LogP contribution in [0.3, 0.4) is 0 Å². The first kappa shape index (κ1) is 12.1. The lowest BCUT2D eigenvalue weighted by atomic mass is 10.1. The summed E-state index contributed by atoms with van der Waals surface area (Å²) in [6.45, 7) is 5.31. The Hall–Kier alpha value is -1.35. The van der Waals surface area contributed by atoms with Crippen molar-refractivity contribution in [3.8, 4) is 0 Å². The van der Waals surface area contributed by atoms with Gasteiger partial charge in [-0.15, -0.1) is 0 Å². The Morgan fingerprint density at radius 2 is 1.94 bits per heavy atom. The minimum atomic E-state index is -0.194. The largest absolute Gasteiger partial charge is 0.459 e. The molecule has 0 aliphatic carbocycles. The first-order chi connectivity index (χ1) is 8.29. The second-order valence-electron chi connectivity index (χ2n) is 4.40. The maximum absolute atomic E-state index is 11.8. The monoisotopic (exact) mass is 233 g/mol. The number of esters is 1. The molecule has 1 saturated heterocycles. The lowest BCUT2D eigenvalue weighted by molar-refractivity contribution is 0.0119. The quantitative estimate of drug-likeness (QED) is 0.750. The van der Waals surface area contributed by atoms with Crippen LogP contribution in [0.25, 0.3) is 0 Å². The molecule has 17 heavy (non-hydrogen) atoms. The molecule has 1 heterocycles. The number of piperidine rings is 1. The molecule has 1 aliphatic rings. The third-order valence-corrected chi connectivity index (χ3v) is 3.27. The number of carbonyl (C=O) groups excluding carboxylic acids is 1. The van der Waals surface area contributed by atoms with E-state index in [1.54, 1.807) is 12.1 Å². The number of nitrogens with zero attached hydrogens (tertiary/aromatic N) is 1. The zero-order valence-corrected chi connectivity index (χ0v) is 10.3. The molecule has 0 spiro atoms. The molecule has 0 aromatic heterocycles. The van der Waals surface area contributed by atoms with Crippen molar-refractivity contribution in [3.05, 3.63) is 35.9 Å². The van der Waals surface area contributed by atoms with Gasteiger partial charge in [-0.25, -0.2) is 4.79 Å². The van der Waals surface area contributed by atoms with Gasteiger partial charge < -0.3 is 9.64 Å². The summed E-state index contributed by atoms with van der Waals surface area (Å²) < 4.78 is 5.50. The van der Waals surface area contributed by atoms with Crippen molar-refractivity contribution in [2.75, 3.05) is 19.6 Å². The summed E-state index contributed by atoms with van der Waals surface area (Å²) in [5, 5.41) is 0. The summed E-state index contributed by atoms with van der Waals surface area (Å²) in [5.74, 6) is -0.194. The van der Waals surface area contributed by atoms with Gasteiger partial charge in [0.15, 0.2) is 0 Å². The van der Waals surface area contributed by atoms with Crippen LogP contribution < -0.4 is 0 Å². The summed E-state index contributed by atoms with van der Waals surface area (Å²) in [6.07, 6.45) is 1.99. The van der Waals surface area contributed by atoms with Crippen molar-refractivity contribution in [1.82, 2.24) is 4.90 Å². The second kappa shape index (κ2) is 5.82. The topological polar surface area (TPSA) is 29.5 Å². The standard InChI is InChI=1S/C14H19NO2/c1-2-15-10-8-13(9-11-15)17-14(16)12-6-4-3-5-7-12/h3-7,13H,2,8-11H2,1H3. The summed E-state index contributed by atoms with van der Waals surface area (Å²) in [5.41, 5.74) is 0.644. The van der Waals surface area contributed by atoms with E-state index >= 15 is 0 Å². The molecule has 0 atom stereocenters. The molecular weight excluding hydrogens is 214 g/mol. The average Bonchev–Trinajstić information content (AvgIpc) is 2.40. The van der Waals surface area contributed by atoms with Crippen LogP contribution in [0.15, 0.2) is 30.3 Å². The highest BCUT2D eigenvalue weighted by Crippen LogP contribution is 2.15. The smallest absolute Gasteiger partial charge is 0.338 e. The van der Waals surface area contributed by atoms with Gasteiger partial charge in [0.05, 0.1) is 5.56 Å². The summed E-state index contributed by atoms with van der Waals surface area (Å²) in [7, 11) is 0. The van der Waals surface area contributed by atoms with Crippen LogP contribution in [-0.2, 0) is 4.74 Å². The van der Waals surface area contributed by atoms with Crippen LogP contribution in [-0.4, -0.2) is 36.6 Å². The Bertz CT molecular complexity index is 356. The first-order valence-corrected chi connectivity index (χ1v) is 6.28. The molecule has 2 rings (SSSR count). The lowest BCUT2D eigenvalue weighted by Crippen LogP contribution is -2.37. The summed E-state index contributed by atoms with van der Waals surface area (Å²) in [6, 6.07) is 9.20. The molecule has 1 aromatic carbocycles. The summed E-state index contributed by atoms with van der Waals surface area (Å²) >= 11 is 0. The van der Waals surface area contributed by atoms with Gasteiger partial charge in [0.2, 0.25) is 0 Å². The second-order valence-corrected chi connectivity index (χ2v) is 4.40. The van der Waals surface area contributed by atoms with Gasteiger partial charge >= 0.3 is 5.97 Å². The third-order valence-electron chi connectivity index (χ3n) is 3.27. The van der Waals surface area contributed by atoms with E-state index in [2.05, 4.69) is 11.8 Å². The minimum Gasteiger partial charge on any atom is -0.459 e. The molecule has 0 amide bonds. The molecule has 92 valence electrons. The fraction of sp³-hybridized carbons (Fsp3) is 0.500.